The summed E-state index contributed by atoms with van der Waals surface area (Å²) in [5.41, 5.74) is 0.838. The van der Waals surface area contributed by atoms with Crippen LogP contribution in [0.2, 0.25) is 0 Å². The third-order valence-corrected chi connectivity index (χ3v) is 3.77. The molecule has 0 unspecified atom stereocenters. The highest BCUT2D eigenvalue weighted by molar-refractivity contribution is 5.60. The van der Waals surface area contributed by atoms with Gasteiger partial charge in [0.05, 0.1) is 4.92 Å². The van der Waals surface area contributed by atoms with Crippen molar-refractivity contribution in [3.05, 3.63) is 33.9 Å². The lowest BCUT2D eigenvalue weighted by molar-refractivity contribution is -0.385. The topological polar surface area (TPSA) is 82.2 Å². The molecule has 2 rings (SSSR count). The molecule has 1 N–H and O–H groups in total. The second kappa shape index (κ2) is 6.35. The first kappa shape index (κ1) is 14.3. The number of hydrogen-bond acceptors (Lipinski definition) is 5. The van der Waals surface area contributed by atoms with Gasteiger partial charge in [-0.15, -0.1) is 0 Å². The molecule has 1 aromatic carbocycles. The van der Waals surface area contributed by atoms with Crippen molar-refractivity contribution >= 4 is 11.4 Å². The summed E-state index contributed by atoms with van der Waals surface area (Å²) in [5, 5.41) is 23.1. The molecule has 106 valence electrons. The minimum absolute atomic E-state index is 0.109. The Morgan fingerprint density at radius 2 is 2.20 bits per heavy atom. The lowest BCUT2D eigenvalue weighted by Gasteiger charge is -2.33. The summed E-state index contributed by atoms with van der Waals surface area (Å²) < 4.78 is 0. The van der Waals surface area contributed by atoms with Crippen molar-refractivity contribution in [2.45, 2.75) is 12.8 Å². The Hall–Kier alpha value is -2.13. The van der Waals surface area contributed by atoms with Gasteiger partial charge in [-0.25, -0.2) is 0 Å². The first-order valence-electron chi connectivity index (χ1n) is 6.73. The van der Waals surface area contributed by atoms with Crippen LogP contribution in [-0.4, -0.2) is 31.6 Å². The number of benzene rings is 1. The fourth-order valence-electron chi connectivity index (χ4n) is 2.65. The number of nitro benzene ring substituents is 1. The molecule has 1 heterocycles. The van der Waals surface area contributed by atoms with Gasteiger partial charge >= 0.3 is 0 Å². The molecule has 1 saturated heterocycles. The van der Waals surface area contributed by atoms with E-state index in [9.17, 15) is 10.1 Å². The Bertz CT molecular complexity index is 530. The van der Waals surface area contributed by atoms with Crippen LogP contribution in [0.5, 0.6) is 0 Å². The molecular weight excluding hydrogens is 256 g/mol. The maximum Gasteiger partial charge on any atom is 0.289 e. The molecule has 6 nitrogen and oxygen atoms in total. The number of nitriles is 1. The molecule has 0 bridgehead atoms. The molecule has 1 aromatic rings. The molecule has 1 aliphatic rings. The summed E-state index contributed by atoms with van der Waals surface area (Å²) in [6, 6.07) is 6.70. The largest absolute Gasteiger partial charge is 0.371 e. The van der Waals surface area contributed by atoms with Crippen molar-refractivity contribution < 1.29 is 4.92 Å². The number of piperidine rings is 1. The number of hydrogen-bond donors (Lipinski definition) is 1. The number of rotatable bonds is 4. The van der Waals surface area contributed by atoms with Gasteiger partial charge in [-0.3, -0.25) is 10.1 Å². The smallest absolute Gasteiger partial charge is 0.289 e. The standard InChI is InChI=1S/C14H18N4O2/c1-16-10-11-4-6-17(7-5-11)13-3-2-12(9-15)14(8-13)18(19)20/h2-3,8,11,16H,4-7,10H2,1H3. The first-order valence-corrected chi connectivity index (χ1v) is 6.73. The Labute approximate surface area is 118 Å². The van der Waals surface area contributed by atoms with E-state index in [-0.39, 0.29) is 11.3 Å². The van der Waals surface area contributed by atoms with Gasteiger partial charge in [0.2, 0.25) is 0 Å². The Morgan fingerprint density at radius 1 is 1.50 bits per heavy atom. The summed E-state index contributed by atoms with van der Waals surface area (Å²) in [7, 11) is 1.95. The normalized spacial score (nSPS) is 15.9. The molecule has 0 radical (unpaired) electrons. The molecular formula is C14H18N4O2. The van der Waals surface area contributed by atoms with Gasteiger partial charge in [-0.05, 0) is 44.5 Å². The highest BCUT2D eigenvalue weighted by atomic mass is 16.6. The fraction of sp³-hybridized carbons (Fsp3) is 0.500. The van der Waals surface area contributed by atoms with E-state index >= 15 is 0 Å². The third kappa shape index (κ3) is 3.06. The first-order chi connectivity index (χ1) is 9.65. The monoisotopic (exact) mass is 274 g/mol. The van der Waals surface area contributed by atoms with Crippen LogP contribution in [0.4, 0.5) is 11.4 Å². The van der Waals surface area contributed by atoms with Crippen LogP contribution in [-0.2, 0) is 0 Å². The lowest BCUT2D eigenvalue weighted by atomic mass is 9.96. The summed E-state index contributed by atoms with van der Waals surface area (Å²) in [6.45, 7) is 2.81. The SMILES string of the molecule is CNCC1CCN(c2ccc(C#N)c([N+](=O)[O-])c2)CC1. The van der Waals surface area contributed by atoms with E-state index in [1.165, 1.54) is 12.1 Å². The average Bonchev–Trinajstić information content (AvgIpc) is 2.47. The van der Waals surface area contributed by atoms with Gasteiger partial charge in [0, 0.05) is 24.8 Å². The van der Waals surface area contributed by atoms with Crippen molar-refractivity contribution in [3.63, 3.8) is 0 Å². The Kier molecular flexibility index (Phi) is 4.53. The summed E-state index contributed by atoms with van der Waals surface area (Å²) >= 11 is 0. The third-order valence-electron chi connectivity index (χ3n) is 3.77. The molecule has 0 spiro atoms. The Morgan fingerprint density at radius 3 is 2.75 bits per heavy atom. The van der Waals surface area contributed by atoms with Gasteiger partial charge in [-0.1, -0.05) is 0 Å². The minimum Gasteiger partial charge on any atom is -0.371 e. The maximum atomic E-state index is 11.0. The van der Waals surface area contributed by atoms with E-state index in [0.29, 0.717) is 5.92 Å². The van der Waals surface area contributed by atoms with Crippen molar-refractivity contribution in [2.24, 2.45) is 5.92 Å². The van der Waals surface area contributed by atoms with Crippen LogP contribution in [0, 0.1) is 27.4 Å². The molecule has 0 atom stereocenters. The highest BCUT2D eigenvalue weighted by Crippen LogP contribution is 2.28. The Balaban J connectivity index is 2.13. The van der Waals surface area contributed by atoms with Gasteiger partial charge in [-0.2, -0.15) is 5.26 Å². The average molecular weight is 274 g/mol. The van der Waals surface area contributed by atoms with Crippen LogP contribution in [0.1, 0.15) is 18.4 Å². The number of anilines is 1. The van der Waals surface area contributed by atoms with E-state index in [0.717, 1.165) is 38.2 Å². The second-order valence-corrected chi connectivity index (χ2v) is 5.06. The second-order valence-electron chi connectivity index (χ2n) is 5.06. The van der Waals surface area contributed by atoms with Crippen molar-refractivity contribution in [2.75, 3.05) is 31.6 Å². The zero-order valence-corrected chi connectivity index (χ0v) is 11.5. The molecule has 0 saturated carbocycles. The van der Waals surface area contributed by atoms with Crippen molar-refractivity contribution in [3.8, 4) is 6.07 Å². The van der Waals surface area contributed by atoms with E-state index < -0.39 is 4.92 Å². The molecule has 0 amide bonds. The summed E-state index contributed by atoms with van der Waals surface area (Å²) in [6.07, 6.45) is 2.16. The van der Waals surface area contributed by atoms with Gasteiger partial charge in [0.25, 0.3) is 5.69 Å². The van der Waals surface area contributed by atoms with Crippen LogP contribution >= 0.6 is 0 Å². The predicted molar refractivity (Wildman–Crippen MR) is 76.7 cm³/mol. The molecule has 6 heteroatoms. The predicted octanol–water partition coefficient (Wildman–Crippen LogP) is 1.90. The minimum atomic E-state index is -0.490. The van der Waals surface area contributed by atoms with Crippen LogP contribution in [0.3, 0.4) is 0 Å². The van der Waals surface area contributed by atoms with Gasteiger partial charge < -0.3 is 10.2 Å². The van der Waals surface area contributed by atoms with Crippen LogP contribution < -0.4 is 10.2 Å². The number of nitrogens with one attached hydrogen (secondary N) is 1. The molecule has 0 aliphatic carbocycles. The zero-order valence-electron chi connectivity index (χ0n) is 11.5. The number of nitrogens with zero attached hydrogens (tertiary/aromatic N) is 3. The molecule has 0 aromatic heterocycles. The lowest BCUT2D eigenvalue weighted by Crippen LogP contribution is -2.36. The summed E-state index contributed by atoms with van der Waals surface area (Å²) in [5.74, 6) is 0.671. The maximum absolute atomic E-state index is 11.0. The quantitative estimate of drug-likeness (QED) is 0.670. The zero-order chi connectivity index (χ0) is 14.5. The van der Waals surface area contributed by atoms with Gasteiger partial charge in [0.1, 0.15) is 11.6 Å². The number of nitro groups is 1. The molecule has 20 heavy (non-hydrogen) atoms. The molecule has 1 fully saturated rings. The van der Waals surface area contributed by atoms with Crippen LogP contribution in [0.25, 0.3) is 0 Å². The molecule has 1 aliphatic heterocycles. The van der Waals surface area contributed by atoms with Crippen molar-refractivity contribution in [1.82, 2.24) is 5.32 Å². The van der Waals surface area contributed by atoms with E-state index in [1.54, 1.807) is 6.07 Å². The highest BCUT2D eigenvalue weighted by Gasteiger charge is 2.21. The van der Waals surface area contributed by atoms with Crippen LogP contribution in [0.15, 0.2) is 18.2 Å². The van der Waals surface area contributed by atoms with Crippen molar-refractivity contribution in [1.29, 1.82) is 5.26 Å². The van der Waals surface area contributed by atoms with E-state index in [1.807, 2.05) is 13.1 Å². The van der Waals surface area contributed by atoms with E-state index in [2.05, 4.69) is 10.2 Å². The summed E-state index contributed by atoms with van der Waals surface area (Å²) in [4.78, 5) is 12.6. The van der Waals surface area contributed by atoms with E-state index in [4.69, 9.17) is 5.26 Å². The fourth-order valence-corrected chi connectivity index (χ4v) is 2.65. The van der Waals surface area contributed by atoms with Gasteiger partial charge in [0.15, 0.2) is 0 Å².